The first-order valence-corrected chi connectivity index (χ1v) is 5.59. The first kappa shape index (κ1) is 11.0. The van der Waals surface area contributed by atoms with Gasteiger partial charge in [-0.1, -0.05) is 26.7 Å². The van der Waals surface area contributed by atoms with Crippen LogP contribution in [0.5, 0.6) is 0 Å². The fraction of sp³-hybridized carbons (Fsp3) is 1.00. The smallest absolute Gasteiger partial charge is 0.0499 e. The predicted molar refractivity (Wildman–Crippen MR) is 55.8 cm³/mol. The Kier molecular flexibility index (Phi) is 4.20. The van der Waals surface area contributed by atoms with Crippen LogP contribution in [0.4, 0.5) is 0 Å². The van der Waals surface area contributed by atoms with Crippen LogP contribution in [0.25, 0.3) is 0 Å². The van der Waals surface area contributed by atoms with Crippen LogP contribution in [0.15, 0.2) is 0 Å². The van der Waals surface area contributed by atoms with Crippen molar-refractivity contribution >= 4 is 0 Å². The summed E-state index contributed by atoms with van der Waals surface area (Å²) < 4.78 is 0. The lowest BCUT2D eigenvalue weighted by molar-refractivity contribution is 0.0828. The number of hydrogen-bond acceptors (Lipinski definition) is 2. The van der Waals surface area contributed by atoms with Crippen molar-refractivity contribution in [3.05, 3.63) is 0 Å². The van der Waals surface area contributed by atoms with E-state index in [4.69, 9.17) is 0 Å². The molecule has 0 aromatic carbocycles. The zero-order chi connectivity index (χ0) is 9.73. The second kappa shape index (κ2) is 4.97. The van der Waals surface area contributed by atoms with E-state index in [0.717, 1.165) is 19.6 Å². The van der Waals surface area contributed by atoms with Crippen LogP contribution >= 0.6 is 0 Å². The van der Waals surface area contributed by atoms with Gasteiger partial charge in [-0.2, -0.15) is 0 Å². The zero-order valence-corrected chi connectivity index (χ0v) is 9.05. The Balaban J connectivity index is 2.46. The molecule has 2 heteroatoms. The third-order valence-electron chi connectivity index (χ3n) is 3.45. The molecule has 2 nitrogen and oxygen atoms in total. The first-order chi connectivity index (χ1) is 6.26. The first-order valence-electron chi connectivity index (χ1n) is 5.59. The maximum atomic E-state index is 9.43. The second-order valence-corrected chi connectivity index (χ2v) is 4.33. The van der Waals surface area contributed by atoms with E-state index in [1.165, 1.54) is 25.7 Å². The third kappa shape index (κ3) is 2.68. The van der Waals surface area contributed by atoms with Crippen LogP contribution in [0.2, 0.25) is 0 Å². The summed E-state index contributed by atoms with van der Waals surface area (Å²) >= 11 is 0. The molecule has 13 heavy (non-hydrogen) atoms. The van der Waals surface area contributed by atoms with Gasteiger partial charge in [-0.3, -0.25) is 0 Å². The minimum Gasteiger partial charge on any atom is -0.396 e. The fourth-order valence-corrected chi connectivity index (χ4v) is 2.41. The summed E-state index contributed by atoms with van der Waals surface area (Å²) in [6.45, 7) is 8.09. The van der Waals surface area contributed by atoms with Crippen LogP contribution in [0.1, 0.15) is 39.5 Å². The zero-order valence-electron chi connectivity index (χ0n) is 9.05. The van der Waals surface area contributed by atoms with E-state index in [1.54, 1.807) is 0 Å². The number of nitrogens with zero attached hydrogens (tertiary/aromatic N) is 1. The predicted octanol–water partition coefficient (Wildman–Crippen LogP) is 1.88. The molecule has 0 aromatic rings. The van der Waals surface area contributed by atoms with Crippen LogP contribution in [0, 0.1) is 5.41 Å². The summed E-state index contributed by atoms with van der Waals surface area (Å²) in [4.78, 5) is 2.43. The minimum atomic E-state index is 0.242. The number of hydrogen-bond donors (Lipinski definition) is 1. The molecule has 0 saturated heterocycles. The molecule has 0 aliphatic heterocycles. The lowest BCUT2D eigenvalue weighted by Crippen LogP contribution is -2.38. The number of aliphatic hydroxyl groups excluding tert-OH is 1. The average Bonchev–Trinajstić information content (AvgIpc) is 2.63. The van der Waals surface area contributed by atoms with E-state index in [9.17, 15) is 5.11 Å². The normalized spacial score (nSPS) is 21.2. The highest BCUT2D eigenvalue weighted by atomic mass is 16.3. The van der Waals surface area contributed by atoms with E-state index < -0.39 is 0 Å². The largest absolute Gasteiger partial charge is 0.396 e. The van der Waals surface area contributed by atoms with Gasteiger partial charge in [0.25, 0.3) is 0 Å². The summed E-state index contributed by atoms with van der Waals surface area (Å²) in [6, 6.07) is 0. The molecule has 0 amide bonds. The summed E-state index contributed by atoms with van der Waals surface area (Å²) in [6.07, 6.45) is 5.06. The summed E-state index contributed by atoms with van der Waals surface area (Å²) in [5, 5.41) is 9.43. The Bertz CT molecular complexity index is 137. The molecular weight excluding hydrogens is 162 g/mol. The Labute approximate surface area is 81.9 Å². The van der Waals surface area contributed by atoms with Gasteiger partial charge in [-0.25, -0.2) is 0 Å². The van der Waals surface area contributed by atoms with E-state index >= 15 is 0 Å². The summed E-state index contributed by atoms with van der Waals surface area (Å²) in [5.41, 5.74) is 0.242. The molecular formula is C11H23NO. The summed E-state index contributed by atoms with van der Waals surface area (Å²) in [5.74, 6) is 0. The molecule has 1 fully saturated rings. The molecule has 0 aromatic heterocycles. The Morgan fingerprint density at radius 2 is 1.69 bits per heavy atom. The van der Waals surface area contributed by atoms with Gasteiger partial charge in [0.2, 0.25) is 0 Å². The Morgan fingerprint density at radius 1 is 1.15 bits per heavy atom. The van der Waals surface area contributed by atoms with E-state index in [-0.39, 0.29) is 5.41 Å². The molecule has 0 spiro atoms. The minimum absolute atomic E-state index is 0.242. The van der Waals surface area contributed by atoms with Gasteiger partial charge in [0, 0.05) is 18.6 Å². The van der Waals surface area contributed by atoms with Crippen molar-refractivity contribution in [2.24, 2.45) is 5.41 Å². The van der Waals surface area contributed by atoms with Crippen LogP contribution in [-0.2, 0) is 0 Å². The molecule has 1 aliphatic carbocycles. The summed E-state index contributed by atoms with van der Waals surface area (Å²) in [7, 11) is 0. The van der Waals surface area contributed by atoms with Crippen LogP contribution in [0.3, 0.4) is 0 Å². The Hall–Kier alpha value is -0.0800. The highest BCUT2D eigenvalue weighted by Gasteiger charge is 2.34. The molecule has 0 radical (unpaired) electrons. The standard InChI is InChI=1S/C11H23NO/c1-3-12(4-2)9-11(10-13)7-5-6-8-11/h13H,3-10H2,1-2H3. The molecule has 78 valence electrons. The van der Waals surface area contributed by atoms with Gasteiger partial charge in [0.1, 0.15) is 0 Å². The number of aliphatic hydroxyl groups is 1. The van der Waals surface area contributed by atoms with Crippen LogP contribution in [-0.4, -0.2) is 36.2 Å². The van der Waals surface area contributed by atoms with Gasteiger partial charge in [0.15, 0.2) is 0 Å². The SMILES string of the molecule is CCN(CC)CC1(CO)CCCC1. The molecule has 1 aliphatic rings. The van der Waals surface area contributed by atoms with Crippen molar-refractivity contribution in [1.82, 2.24) is 4.90 Å². The van der Waals surface area contributed by atoms with Gasteiger partial charge in [-0.15, -0.1) is 0 Å². The van der Waals surface area contributed by atoms with Crippen LogP contribution < -0.4 is 0 Å². The molecule has 1 saturated carbocycles. The van der Waals surface area contributed by atoms with Gasteiger partial charge >= 0.3 is 0 Å². The average molecular weight is 185 g/mol. The van der Waals surface area contributed by atoms with Gasteiger partial charge in [0.05, 0.1) is 0 Å². The maximum absolute atomic E-state index is 9.43. The molecule has 0 bridgehead atoms. The van der Waals surface area contributed by atoms with Crippen molar-refractivity contribution in [1.29, 1.82) is 0 Å². The van der Waals surface area contributed by atoms with E-state index in [0.29, 0.717) is 6.61 Å². The number of rotatable bonds is 5. The quantitative estimate of drug-likeness (QED) is 0.707. The van der Waals surface area contributed by atoms with Crippen molar-refractivity contribution in [2.75, 3.05) is 26.2 Å². The molecule has 0 unspecified atom stereocenters. The molecule has 1 rings (SSSR count). The van der Waals surface area contributed by atoms with Crippen molar-refractivity contribution in [3.63, 3.8) is 0 Å². The molecule has 0 atom stereocenters. The fourth-order valence-electron chi connectivity index (χ4n) is 2.41. The maximum Gasteiger partial charge on any atom is 0.0499 e. The third-order valence-corrected chi connectivity index (χ3v) is 3.45. The lowest BCUT2D eigenvalue weighted by atomic mass is 9.86. The topological polar surface area (TPSA) is 23.5 Å². The lowest BCUT2D eigenvalue weighted by Gasteiger charge is -2.32. The highest BCUT2D eigenvalue weighted by molar-refractivity contribution is 4.86. The van der Waals surface area contributed by atoms with Gasteiger partial charge < -0.3 is 10.0 Å². The van der Waals surface area contributed by atoms with E-state index in [1.807, 2.05) is 0 Å². The van der Waals surface area contributed by atoms with Gasteiger partial charge in [-0.05, 0) is 25.9 Å². The molecule has 1 N–H and O–H groups in total. The Morgan fingerprint density at radius 3 is 2.08 bits per heavy atom. The van der Waals surface area contributed by atoms with Crippen molar-refractivity contribution in [3.8, 4) is 0 Å². The second-order valence-electron chi connectivity index (χ2n) is 4.33. The van der Waals surface area contributed by atoms with E-state index in [2.05, 4.69) is 18.7 Å². The van der Waals surface area contributed by atoms with Crippen molar-refractivity contribution < 1.29 is 5.11 Å². The highest BCUT2D eigenvalue weighted by Crippen LogP contribution is 2.38. The monoisotopic (exact) mass is 185 g/mol. The van der Waals surface area contributed by atoms with Crippen molar-refractivity contribution in [2.45, 2.75) is 39.5 Å². The molecule has 0 heterocycles.